The minimum atomic E-state index is -1.18. The highest BCUT2D eigenvalue weighted by Gasteiger charge is 2.41. The zero-order valence-electron chi connectivity index (χ0n) is 21.3. The van der Waals surface area contributed by atoms with E-state index in [2.05, 4.69) is 65.5 Å². The Balaban J connectivity index is -0.000000590. The van der Waals surface area contributed by atoms with Crippen LogP contribution < -0.4 is 0 Å². The summed E-state index contributed by atoms with van der Waals surface area (Å²) in [7, 11) is 6.76. The summed E-state index contributed by atoms with van der Waals surface area (Å²) in [6.07, 6.45) is 1.85. The van der Waals surface area contributed by atoms with Crippen LogP contribution in [0.4, 0.5) is 0 Å². The van der Waals surface area contributed by atoms with Gasteiger partial charge in [-0.2, -0.15) is 0 Å². The second-order valence-corrected chi connectivity index (χ2v) is 9.52. The quantitative estimate of drug-likeness (QED) is 0.414. The first kappa shape index (κ1) is 29.8. The molecule has 1 heterocycles. The molecule has 0 aliphatic carbocycles. The van der Waals surface area contributed by atoms with E-state index in [1.165, 1.54) is 12.8 Å². The summed E-state index contributed by atoms with van der Waals surface area (Å²) < 4.78 is 18.0. The summed E-state index contributed by atoms with van der Waals surface area (Å²) >= 11 is 0. The molecule has 32 heavy (non-hydrogen) atoms. The van der Waals surface area contributed by atoms with Crippen molar-refractivity contribution in [3.8, 4) is 0 Å². The van der Waals surface area contributed by atoms with Gasteiger partial charge in [0.15, 0.2) is 0 Å². The number of rotatable bonds is 7. The Morgan fingerprint density at radius 2 is 1.09 bits per heavy atom. The molecule has 9 nitrogen and oxygen atoms in total. The van der Waals surface area contributed by atoms with Gasteiger partial charge in [-0.15, -0.1) is 0 Å². The smallest absolute Gasteiger partial charge is 0.310 e. The lowest BCUT2D eigenvalue weighted by atomic mass is 9.75. The zero-order valence-corrected chi connectivity index (χ0v) is 21.3. The molecular weight excluding hydrogens is 418 g/mol. The Bertz CT molecular complexity index is 615. The highest BCUT2D eigenvalue weighted by Crippen LogP contribution is 2.39. The molecule has 1 aliphatic rings. The molecule has 2 atom stereocenters. The molecule has 0 saturated carbocycles. The minimum Gasteiger partial charge on any atom is -0.469 e. The summed E-state index contributed by atoms with van der Waals surface area (Å²) in [6.45, 7) is 11.8. The van der Waals surface area contributed by atoms with Crippen LogP contribution in [0.25, 0.3) is 0 Å². The first-order chi connectivity index (χ1) is 14.7. The standard InChI is InChI=1S/C12H18O8.C11H23N.2H2/c1-17-9(13)5-7(11(15)19-3)8(12(16)20-4)6-10(14)18-2;1-9-7-10(2,3)12(6)11(4,5)8-9;;/h7-8H,5-6H2,1-4H3;9H,7-8H2,1-6H3;2*1H/i;;2*1+1. The van der Waals surface area contributed by atoms with Gasteiger partial charge in [0.05, 0.1) is 53.1 Å². The predicted octanol–water partition coefficient (Wildman–Crippen LogP) is 3.09. The monoisotopic (exact) mass is 465 g/mol. The lowest BCUT2D eigenvalue weighted by Crippen LogP contribution is -2.58. The SMILES string of the molecule is CC1CC(C)(C)N(C)C(C)(C)C1.COC(=O)CC(C(=O)OC)C(CC(=O)OC)C(=O)OC.[2HH].[2HH]. The van der Waals surface area contributed by atoms with Crippen LogP contribution in [0.3, 0.4) is 0 Å². The Kier molecular flexibility index (Phi) is 11.9. The van der Waals surface area contributed by atoms with Crippen LogP contribution in [-0.2, 0) is 38.1 Å². The molecular formula is C23H45NO8. The van der Waals surface area contributed by atoms with Crippen molar-refractivity contribution in [1.29, 1.82) is 0 Å². The van der Waals surface area contributed by atoms with Crippen molar-refractivity contribution in [3.63, 3.8) is 0 Å². The number of hydrogen-bond acceptors (Lipinski definition) is 9. The van der Waals surface area contributed by atoms with Crippen molar-refractivity contribution in [2.45, 2.75) is 71.4 Å². The van der Waals surface area contributed by atoms with Gasteiger partial charge >= 0.3 is 23.9 Å². The molecule has 0 aromatic heterocycles. The average Bonchev–Trinajstić information content (AvgIpc) is 2.72. The van der Waals surface area contributed by atoms with Crippen molar-refractivity contribution >= 4 is 23.9 Å². The number of methoxy groups -OCH3 is 4. The number of carbonyl (C=O) groups is 4. The maximum atomic E-state index is 11.7. The van der Waals surface area contributed by atoms with Crippen LogP contribution in [0.2, 0.25) is 0 Å². The molecule has 1 saturated heterocycles. The lowest BCUT2D eigenvalue weighted by molar-refractivity contribution is -0.164. The highest BCUT2D eigenvalue weighted by molar-refractivity contribution is 5.88. The highest BCUT2D eigenvalue weighted by atomic mass is 16.5. The maximum absolute atomic E-state index is 11.7. The van der Waals surface area contributed by atoms with Gasteiger partial charge in [-0.25, -0.2) is 0 Å². The van der Waals surface area contributed by atoms with Crippen LogP contribution in [0, 0.1) is 17.8 Å². The predicted molar refractivity (Wildman–Crippen MR) is 123 cm³/mol. The Hall–Kier alpha value is -2.16. The summed E-state index contributed by atoms with van der Waals surface area (Å²) in [4.78, 5) is 48.6. The fourth-order valence-electron chi connectivity index (χ4n) is 4.48. The molecule has 0 bridgehead atoms. The van der Waals surface area contributed by atoms with Gasteiger partial charge < -0.3 is 18.9 Å². The van der Waals surface area contributed by atoms with E-state index >= 15 is 0 Å². The third-order valence-corrected chi connectivity index (χ3v) is 6.23. The molecule has 0 amide bonds. The van der Waals surface area contributed by atoms with Gasteiger partial charge in [-0.3, -0.25) is 24.1 Å². The van der Waals surface area contributed by atoms with E-state index in [9.17, 15) is 19.2 Å². The fourth-order valence-corrected chi connectivity index (χ4v) is 4.48. The topological polar surface area (TPSA) is 108 Å². The van der Waals surface area contributed by atoms with Gasteiger partial charge in [0.25, 0.3) is 0 Å². The van der Waals surface area contributed by atoms with E-state index in [0.717, 1.165) is 34.4 Å². The van der Waals surface area contributed by atoms with Crippen molar-refractivity contribution in [2.24, 2.45) is 17.8 Å². The number of likely N-dealkylation sites (tertiary alicyclic amines) is 1. The lowest BCUT2D eigenvalue weighted by Gasteiger charge is -2.53. The number of piperidine rings is 1. The maximum Gasteiger partial charge on any atom is 0.310 e. The van der Waals surface area contributed by atoms with Gasteiger partial charge in [-0.05, 0) is 53.5 Å². The summed E-state index contributed by atoms with van der Waals surface area (Å²) in [5.74, 6) is -4.54. The molecule has 1 fully saturated rings. The normalized spacial score (nSPS) is 19.4. The molecule has 0 aromatic carbocycles. The Labute approximate surface area is 195 Å². The average molecular weight is 466 g/mol. The third kappa shape index (κ3) is 8.76. The van der Waals surface area contributed by atoms with Crippen molar-refractivity contribution in [2.75, 3.05) is 35.5 Å². The number of nitrogens with zero attached hydrogens (tertiary/aromatic N) is 1. The van der Waals surface area contributed by atoms with Crippen molar-refractivity contribution in [3.05, 3.63) is 0 Å². The van der Waals surface area contributed by atoms with E-state index < -0.39 is 48.6 Å². The largest absolute Gasteiger partial charge is 0.469 e. The second kappa shape index (κ2) is 12.8. The third-order valence-electron chi connectivity index (χ3n) is 6.23. The van der Waals surface area contributed by atoms with Crippen molar-refractivity contribution < 1.29 is 41.0 Å². The van der Waals surface area contributed by atoms with Gasteiger partial charge in [0.2, 0.25) is 0 Å². The molecule has 2 unspecified atom stereocenters. The first-order valence-electron chi connectivity index (χ1n) is 10.7. The summed E-state index contributed by atoms with van der Waals surface area (Å²) in [5, 5.41) is 0. The Morgan fingerprint density at radius 1 is 0.781 bits per heavy atom. The summed E-state index contributed by atoms with van der Waals surface area (Å²) in [6, 6.07) is 0. The number of carbonyl (C=O) groups excluding carboxylic acids is 4. The van der Waals surface area contributed by atoms with Crippen LogP contribution in [0.15, 0.2) is 0 Å². The van der Waals surface area contributed by atoms with Gasteiger partial charge in [-0.1, -0.05) is 6.92 Å². The molecule has 9 heteroatoms. The Morgan fingerprint density at radius 3 is 1.34 bits per heavy atom. The minimum absolute atomic E-state index is 0. The number of hydrogen-bond donors (Lipinski definition) is 0. The van der Waals surface area contributed by atoms with E-state index in [1.807, 2.05) is 0 Å². The van der Waals surface area contributed by atoms with E-state index in [4.69, 9.17) is 0 Å². The second-order valence-electron chi connectivity index (χ2n) is 9.52. The molecule has 0 radical (unpaired) electrons. The van der Waals surface area contributed by atoms with Gasteiger partial charge in [0.1, 0.15) is 0 Å². The van der Waals surface area contributed by atoms with Gasteiger partial charge in [0, 0.05) is 13.9 Å². The van der Waals surface area contributed by atoms with Crippen LogP contribution in [0.1, 0.15) is 63.2 Å². The zero-order chi connectivity index (χ0) is 25.3. The fraction of sp³-hybridized carbons (Fsp3) is 0.826. The van der Waals surface area contributed by atoms with E-state index in [0.29, 0.717) is 11.1 Å². The van der Waals surface area contributed by atoms with Crippen LogP contribution in [0.5, 0.6) is 0 Å². The van der Waals surface area contributed by atoms with Crippen LogP contribution in [-0.4, -0.2) is 75.3 Å². The molecule has 190 valence electrons. The van der Waals surface area contributed by atoms with Crippen molar-refractivity contribution in [1.82, 2.24) is 4.90 Å². The first-order valence-corrected chi connectivity index (χ1v) is 10.7. The molecule has 0 spiro atoms. The molecule has 0 N–H and O–H groups in total. The van der Waals surface area contributed by atoms with E-state index in [1.54, 1.807) is 0 Å². The molecule has 1 aliphatic heterocycles. The molecule has 0 aromatic rings. The number of esters is 4. The van der Waals surface area contributed by atoms with E-state index in [-0.39, 0.29) is 2.85 Å². The number of ether oxygens (including phenoxy) is 4. The van der Waals surface area contributed by atoms with Crippen LogP contribution >= 0.6 is 0 Å². The molecule has 1 rings (SSSR count). The summed E-state index contributed by atoms with van der Waals surface area (Å²) in [5.41, 5.74) is 0.752.